The monoisotopic (exact) mass is 404 g/mol. The second-order valence-electron chi connectivity index (χ2n) is 9.72. The number of amides is 1. The van der Waals surface area contributed by atoms with Gasteiger partial charge in [-0.05, 0) is 49.0 Å². The van der Waals surface area contributed by atoms with E-state index in [0.717, 1.165) is 38.6 Å². The molecular formula is C23H35ClN3O-. The molecule has 0 radical (unpaired) electrons. The summed E-state index contributed by atoms with van der Waals surface area (Å²) in [6.45, 7) is 12.6. The zero-order valence-corrected chi connectivity index (χ0v) is 18.3. The third kappa shape index (κ3) is 3.96. The molecule has 5 heteroatoms. The van der Waals surface area contributed by atoms with E-state index in [2.05, 4.69) is 66.2 Å². The van der Waals surface area contributed by atoms with Crippen LogP contribution < -0.4 is 17.7 Å². The first-order valence-electron chi connectivity index (χ1n) is 10.7. The lowest BCUT2D eigenvalue weighted by molar-refractivity contribution is -0.127. The number of halogens is 1. The molecule has 4 rings (SSSR count). The molecular weight excluding hydrogens is 370 g/mol. The van der Waals surface area contributed by atoms with Crippen LogP contribution in [0, 0.1) is 17.3 Å². The van der Waals surface area contributed by atoms with Gasteiger partial charge in [0.15, 0.2) is 0 Å². The van der Waals surface area contributed by atoms with Gasteiger partial charge in [0.25, 0.3) is 0 Å². The van der Waals surface area contributed by atoms with Gasteiger partial charge in [0.1, 0.15) is 0 Å². The molecule has 28 heavy (non-hydrogen) atoms. The molecule has 1 amide bonds. The van der Waals surface area contributed by atoms with Gasteiger partial charge in [0.05, 0.1) is 6.54 Å². The predicted octanol–water partition coefficient (Wildman–Crippen LogP) is 0.139. The molecule has 0 aromatic heterocycles. The number of nitrogens with one attached hydrogen (secondary N) is 1. The number of rotatable bonds is 5. The van der Waals surface area contributed by atoms with Crippen LogP contribution in [0.3, 0.4) is 0 Å². The first kappa shape index (κ1) is 21.6. The number of carbonyl (C=O) groups excluding carboxylic acids is 1. The van der Waals surface area contributed by atoms with Crippen LogP contribution in [0.5, 0.6) is 0 Å². The number of carbonyl (C=O) groups is 1. The van der Waals surface area contributed by atoms with E-state index in [1.807, 2.05) is 0 Å². The summed E-state index contributed by atoms with van der Waals surface area (Å²) in [6, 6.07) is 10.7. The Morgan fingerprint density at radius 1 is 1.00 bits per heavy atom. The Hall–Kier alpha value is -1.10. The molecule has 3 atom stereocenters. The van der Waals surface area contributed by atoms with E-state index in [9.17, 15) is 4.79 Å². The number of fused-ring (bicyclic) bond motifs is 2. The van der Waals surface area contributed by atoms with Gasteiger partial charge in [-0.15, -0.1) is 0 Å². The van der Waals surface area contributed by atoms with Crippen molar-refractivity contribution in [1.29, 1.82) is 0 Å². The molecule has 1 aromatic rings. The fourth-order valence-corrected chi connectivity index (χ4v) is 5.85. The second-order valence-corrected chi connectivity index (χ2v) is 9.72. The summed E-state index contributed by atoms with van der Waals surface area (Å²) in [5.74, 6) is 1.65. The Morgan fingerprint density at radius 2 is 1.61 bits per heavy atom. The van der Waals surface area contributed by atoms with Crippen molar-refractivity contribution in [3.05, 3.63) is 35.9 Å². The van der Waals surface area contributed by atoms with Crippen LogP contribution >= 0.6 is 0 Å². The van der Waals surface area contributed by atoms with E-state index in [1.165, 1.54) is 24.8 Å². The molecule has 2 saturated carbocycles. The summed E-state index contributed by atoms with van der Waals surface area (Å²) in [4.78, 5) is 17.7. The van der Waals surface area contributed by atoms with Gasteiger partial charge in [-0.25, -0.2) is 0 Å². The number of hydrogen-bond acceptors (Lipinski definition) is 3. The van der Waals surface area contributed by atoms with Crippen molar-refractivity contribution in [2.45, 2.75) is 52.1 Å². The van der Waals surface area contributed by atoms with Crippen molar-refractivity contribution in [2.24, 2.45) is 17.3 Å². The third-order valence-corrected chi connectivity index (χ3v) is 8.09. The van der Waals surface area contributed by atoms with Crippen LogP contribution in [0.15, 0.2) is 30.3 Å². The van der Waals surface area contributed by atoms with Gasteiger partial charge >= 0.3 is 0 Å². The number of benzene rings is 1. The molecule has 2 aliphatic carbocycles. The zero-order chi connectivity index (χ0) is 19.1. The van der Waals surface area contributed by atoms with Crippen LogP contribution in [0.2, 0.25) is 0 Å². The Labute approximate surface area is 176 Å². The number of hydrogen-bond donors (Lipinski definition) is 1. The quantitative estimate of drug-likeness (QED) is 0.758. The molecule has 1 aliphatic heterocycles. The Balaban J connectivity index is 0.00000225. The second kappa shape index (κ2) is 8.33. The maximum Gasteiger partial charge on any atom is 0.234 e. The van der Waals surface area contributed by atoms with Crippen LogP contribution in [-0.2, 0) is 11.3 Å². The van der Waals surface area contributed by atoms with E-state index in [1.54, 1.807) is 0 Å². The minimum absolute atomic E-state index is 0. The van der Waals surface area contributed by atoms with E-state index >= 15 is 0 Å². The summed E-state index contributed by atoms with van der Waals surface area (Å²) in [7, 11) is 0. The molecule has 156 valence electrons. The van der Waals surface area contributed by atoms with Gasteiger partial charge in [-0.2, -0.15) is 0 Å². The number of piperazine rings is 1. The van der Waals surface area contributed by atoms with Crippen LogP contribution in [0.4, 0.5) is 0 Å². The normalized spacial score (nSPS) is 32.1. The molecule has 3 aliphatic rings. The Bertz CT molecular complexity index is 672. The molecule has 1 saturated heterocycles. The summed E-state index contributed by atoms with van der Waals surface area (Å²) >= 11 is 0. The molecule has 0 spiro atoms. The highest BCUT2D eigenvalue weighted by Crippen LogP contribution is 2.61. The lowest BCUT2D eigenvalue weighted by Gasteiger charge is -2.48. The van der Waals surface area contributed by atoms with Crippen molar-refractivity contribution >= 4 is 5.91 Å². The van der Waals surface area contributed by atoms with Crippen LogP contribution in [0.25, 0.3) is 0 Å². The Morgan fingerprint density at radius 3 is 2.21 bits per heavy atom. The van der Waals surface area contributed by atoms with Crippen molar-refractivity contribution in [3.8, 4) is 0 Å². The average molecular weight is 405 g/mol. The van der Waals surface area contributed by atoms with Crippen molar-refractivity contribution in [2.75, 3.05) is 32.7 Å². The first-order valence-corrected chi connectivity index (χ1v) is 10.7. The molecule has 3 fully saturated rings. The molecule has 1 N–H and O–H groups in total. The highest BCUT2D eigenvalue weighted by molar-refractivity contribution is 5.79. The average Bonchev–Trinajstić information content (AvgIpc) is 3.20. The fourth-order valence-electron chi connectivity index (χ4n) is 5.85. The lowest BCUT2D eigenvalue weighted by atomic mass is 9.64. The predicted molar refractivity (Wildman–Crippen MR) is 109 cm³/mol. The van der Waals surface area contributed by atoms with Gasteiger partial charge in [0, 0.05) is 38.3 Å². The highest BCUT2D eigenvalue weighted by Gasteiger charge is 2.60. The van der Waals surface area contributed by atoms with Gasteiger partial charge in [-0.3, -0.25) is 14.6 Å². The maximum absolute atomic E-state index is 12.8. The third-order valence-electron chi connectivity index (χ3n) is 8.09. The Kier molecular flexibility index (Phi) is 6.43. The molecule has 3 unspecified atom stereocenters. The largest absolute Gasteiger partial charge is 1.00 e. The fraction of sp³-hybridized carbons (Fsp3) is 0.696. The maximum atomic E-state index is 12.8. The summed E-state index contributed by atoms with van der Waals surface area (Å²) < 4.78 is 0. The molecule has 1 heterocycles. The van der Waals surface area contributed by atoms with Crippen molar-refractivity contribution in [3.63, 3.8) is 0 Å². The summed E-state index contributed by atoms with van der Waals surface area (Å²) in [5.41, 5.74) is 1.54. The van der Waals surface area contributed by atoms with Crippen LogP contribution in [0.1, 0.15) is 45.6 Å². The van der Waals surface area contributed by atoms with Crippen molar-refractivity contribution < 1.29 is 17.2 Å². The lowest BCUT2D eigenvalue weighted by Crippen LogP contribution is -3.00. The van der Waals surface area contributed by atoms with Crippen LogP contribution in [-0.4, -0.2) is 54.0 Å². The summed E-state index contributed by atoms with van der Waals surface area (Å²) in [6.07, 6.45) is 3.91. The van der Waals surface area contributed by atoms with E-state index in [4.69, 9.17) is 0 Å². The minimum Gasteiger partial charge on any atom is -1.00 e. The molecule has 1 aromatic carbocycles. The van der Waals surface area contributed by atoms with E-state index < -0.39 is 0 Å². The minimum atomic E-state index is -0.0396. The highest BCUT2D eigenvalue weighted by atomic mass is 35.5. The summed E-state index contributed by atoms with van der Waals surface area (Å²) in [5, 5.41) is 3.48. The van der Waals surface area contributed by atoms with Gasteiger partial charge < -0.3 is 17.7 Å². The number of nitrogens with zero attached hydrogens (tertiary/aromatic N) is 2. The SMILES string of the molecule is CC1(C)C2CCC(C2)C1(C)NC(=O)CN1CCN(Cc2ccccc2)CC1.[Cl-]. The van der Waals surface area contributed by atoms with E-state index in [-0.39, 0.29) is 29.3 Å². The van der Waals surface area contributed by atoms with E-state index in [0.29, 0.717) is 12.5 Å². The topological polar surface area (TPSA) is 35.6 Å². The first-order chi connectivity index (χ1) is 12.9. The van der Waals surface area contributed by atoms with Crippen molar-refractivity contribution in [1.82, 2.24) is 15.1 Å². The molecule has 2 bridgehead atoms. The smallest absolute Gasteiger partial charge is 0.234 e. The zero-order valence-electron chi connectivity index (χ0n) is 17.6. The molecule has 4 nitrogen and oxygen atoms in total. The van der Waals surface area contributed by atoms with Gasteiger partial charge in [0.2, 0.25) is 5.91 Å². The standard InChI is InChI=1S/C23H35N3O.ClH/c1-22(2)19-9-10-20(15-19)23(22,3)24-21(27)17-26-13-11-25(12-14-26)16-18-7-5-4-6-8-18;/h4-8,19-20H,9-17H2,1-3H3,(H,24,27);1H/p-1. The van der Waals surface area contributed by atoms with Gasteiger partial charge in [-0.1, -0.05) is 44.2 Å².